The summed E-state index contributed by atoms with van der Waals surface area (Å²) in [5.41, 5.74) is 1.98. The van der Waals surface area contributed by atoms with E-state index in [4.69, 9.17) is 0 Å². The van der Waals surface area contributed by atoms with Crippen molar-refractivity contribution in [3.05, 3.63) is 67.0 Å². The molecule has 1 aromatic carbocycles. The van der Waals surface area contributed by atoms with Gasteiger partial charge in [-0.2, -0.15) is 5.10 Å². The summed E-state index contributed by atoms with van der Waals surface area (Å²) < 4.78 is 1.64. The minimum atomic E-state index is -0.0405. The zero-order chi connectivity index (χ0) is 16.6. The number of hydrogen-bond acceptors (Lipinski definition) is 5. The maximum atomic E-state index is 11.9. The first-order valence-corrected chi connectivity index (χ1v) is 8.52. The van der Waals surface area contributed by atoms with Crippen LogP contribution in [-0.2, 0) is 17.1 Å². The van der Waals surface area contributed by atoms with E-state index in [1.54, 1.807) is 29.0 Å². The molecule has 0 saturated carbocycles. The number of hydrogen-bond donors (Lipinski definition) is 1. The van der Waals surface area contributed by atoms with E-state index in [2.05, 4.69) is 26.4 Å². The summed E-state index contributed by atoms with van der Waals surface area (Å²) in [7, 11) is 0. The van der Waals surface area contributed by atoms with Crippen molar-refractivity contribution in [2.24, 2.45) is 0 Å². The van der Waals surface area contributed by atoms with Crippen molar-refractivity contribution >= 4 is 23.4 Å². The minimum Gasteiger partial charge on any atom is -0.326 e. The predicted molar refractivity (Wildman–Crippen MR) is 93.5 cm³/mol. The zero-order valence-electron chi connectivity index (χ0n) is 13.0. The molecule has 0 aliphatic carbocycles. The van der Waals surface area contributed by atoms with Gasteiger partial charge in [-0.1, -0.05) is 6.07 Å². The first-order chi connectivity index (χ1) is 11.8. The highest BCUT2D eigenvalue weighted by molar-refractivity contribution is 7.98. The molecule has 24 heavy (non-hydrogen) atoms. The zero-order valence-corrected chi connectivity index (χ0v) is 13.8. The second kappa shape index (κ2) is 8.26. The quantitative estimate of drug-likeness (QED) is 0.670. The maximum absolute atomic E-state index is 11.9. The van der Waals surface area contributed by atoms with Crippen molar-refractivity contribution in [2.45, 2.75) is 23.6 Å². The van der Waals surface area contributed by atoms with E-state index in [-0.39, 0.29) is 5.91 Å². The van der Waals surface area contributed by atoms with E-state index >= 15 is 0 Å². The second-order valence-electron chi connectivity index (χ2n) is 5.13. The van der Waals surface area contributed by atoms with Gasteiger partial charge in [-0.15, -0.1) is 11.8 Å². The summed E-state index contributed by atoms with van der Waals surface area (Å²) in [6.45, 7) is 0.519. The number of thioether (sulfide) groups is 1. The molecule has 3 aromatic rings. The molecule has 2 aromatic heterocycles. The average Bonchev–Trinajstić information content (AvgIpc) is 3.14. The Hall–Kier alpha value is -2.67. The molecule has 0 atom stereocenters. The van der Waals surface area contributed by atoms with Crippen LogP contribution in [0.3, 0.4) is 0 Å². The fourth-order valence-electron chi connectivity index (χ4n) is 2.07. The summed E-state index contributed by atoms with van der Waals surface area (Å²) in [6, 6.07) is 11.8. The number of rotatable bonds is 7. The molecule has 0 aliphatic heterocycles. The van der Waals surface area contributed by atoms with Crippen molar-refractivity contribution < 1.29 is 4.79 Å². The van der Waals surface area contributed by atoms with Crippen LogP contribution in [0.15, 0.2) is 66.3 Å². The highest BCUT2D eigenvalue weighted by Crippen LogP contribution is 2.23. The van der Waals surface area contributed by atoms with Crippen molar-refractivity contribution in [2.75, 3.05) is 5.32 Å². The molecule has 0 spiro atoms. The third kappa shape index (κ3) is 4.92. The average molecular weight is 339 g/mol. The summed E-state index contributed by atoms with van der Waals surface area (Å²) in [5.74, 6) is 0.832. The number of nitrogens with zero attached hydrogens (tertiary/aromatic N) is 4. The summed E-state index contributed by atoms with van der Waals surface area (Å²) >= 11 is 1.74. The van der Waals surface area contributed by atoms with Gasteiger partial charge in [0.2, 0.25) is 5.91 Å². The van der Waals surface area contributed by atoms with Crippen LogP contribution in [0.5, 0.6) is 0 Å². The molecule has 122 valence electrons. The highest BCUT2D eigenvalue weighted by atomic mass is 32.2. The van der Waals surface area contributed by atoms with Crippen LogP contribution in [-0.4, -0.2) is 25.7 Å². The molecule has 6 nitrogen and oxygen atoms in total. The van der Waals surface area contributed by atoms with Gasteiger partial charge in [0.25, 0.3) is 0 Å². The predicted octanol–water partition coefficient (Wildman–Crippen LogP) is 2.99. The van der Waals surface area contributed by atoms with E-state index in [1.807, 2.05) is 36.5 Å². The first kappa shape index (κ1) is 16.2. The van der Waals surface area contributed by atoms with E-state index in [1.165, 1.54) is 11.9 Å². The second-order valence-corrected chi connectivity index (χ2v) is 6.18. The molecule has 1 N–H and O–H groups in total. The molecule has 2 heterocycles. The Labute approximate surface area is 144 Å². The van der Waals surface area contributed by atoms with Gasteiger partial charge in [0.05, 0.1) is 6.54 Å². The minimum absolute atomic E-state index is 0.0405. The molecule has 0 radical (unpaired) electrons. The standard InChI is InChI=1S/C17H17N5OS/c23-17(7-9-22-13-19-12-20-22)21-15-3-5-16(6-4-15)24-11-14-2-1-8-18-10-14/h1-6,8,10,12-13H,7,9,11H2,(H,21,23). The summed E-state index contributed by atoms with van der Waals surface area (Å²) in [6.07, 6.45) is 7.06. The molecule has 7 heteroatoms. The van der Waals surface area contributed by atoms with Gasteiger partial charge in [-0.05, 0) is 35.9 Å². The van der Waals surface area contributed by atoms with E-state index in [0.29, 0.717) is 13.0 Å². The Balaban J connectivity index is 1.46. The molecule has 0 saturated heterocycles. The first-order valence-electron chi connectivity index (χ1n) is 7.53. The lowest BCUT2D eigenvalue weighted by atomic mass is 10.3. The smallest absolute Gasteiger partial charge is 0.226 e. The topological polar surface area (TPSA) is 72.7 Å². The van der Waals surface area contributed by atoms with E-state index < -0.39 is 0 Å². The number of anilines is 1. The Bertz CT molecular complexity index is 759. The van der Waals surface area contributed by atoms with Crippen LogP contribution in [0, 0.1) is 0 Å². The van der Waals surface area contributed by atoms with Crippen molar-refractivity contribution in [3.63, 3.8) is 0 Å². The van der Waals surface area contributed by atoms with Crippen LogP contribution >= 0.6 is 11.8 Å². The van der Waals surface area contributed by atoms with Crippen LogP contribution in [0.2, 0.25) is 0 Å². The highest BCUT2D eigenvalue weighted by Gasteiger charge is 2.04. The number of pyridine rings is 1. The molecule has 0 bridgehead atoms. The lowest BCUT2D eigenvalue weighted by molar-refractivity contribution is -0.116. The van der Waals surface area contributed by atoms with Crippen molar-refractivity contribution in [1.82, 2.24) is 19.7 Å². The Kier molecular flexibility index (Phi) is 5.57. The van der Waals surface area contributed by atoms with Gasteiger partial charge < -0.3 is 5.32 Å². The van der Waals surface area contributed by atoms with Crippen molar-refractivity contribution in [1.29, 1.82) is 0 Å². The van der Waals surface area contributed by atoms with Gasteiger partial charge >= 0.3 is 0 Å². The van der Waals surface area contributed by atoms with Crippen LogP contribution in [0.25, 0.3) is 0 Å². The van der Waals surface area contributed by atoms with Crippen LogP contribution in [0.1, 0.15) is 12.0 Å². The number of carbonyl (C=O) groups excluding carboxylic acids is 1. The van der Waals surface area contributed by atoms with Gasteiger partial charge in [-0.3, -0.25) is 14.5 Å². The van der Waals surface area contributed by atoms with Gasteiger partial charge in [0.1, 0.15) is 12.7 Å². The van der Waals surface area contributed by atoms with Gasteiger partial charge in [0.15, 0.2) is 0 Å². The Morgan fingerprint density at radius 2 is 2.04 bits per heavy atom. The third-order valence-corrected chi connectivity index (χ3v) is 4.38. The fourth-order valence-corrected chi connectivity index (χ4v) is 2.91. The Morgan fingerprint density at radius 1 is 1.17 bits per heavy atom. The number of carbonyl (C=O) groups is 1. The SMILES string of the molecule is O=C(CCn1cncn1)Nc1ccc(SCc2cccnc2)cc1. The lowest BCUT2D eigenvalue weighted by Gasteiger charge is -2.07. The number of nitrogens with one attached hydrogen (secondary N) is 1. The molecule has 3 rings (SSSR count). The normalized spacial score (nSPS) is 10.5. The summed E-state index contributed by atoms with van der Waals surface area (Å²) in [5, 5.41) is 6.86. The molecule has 1 amide bonds. The van der Waals surface area contributed by atoms with Crippen molar-refractivity contribution in [3.8, 4) is 0 Å². The summed E-state index contributed by atoms with van der Waals surface area (Å²) in [4.78, 5) is 21.0. The maximum Gasteiger partial charge on any atom is 0.226 e. The molecular weight excluding hydrogens is 322 g/mol. The molecule has 0 fully saturated rings. The van der Waals surface area contributed by atoms with Crippen LogP contribution < -0.4 is 5.32 Å². The monoisotopic (exact) mass is 339 g/mol. The third-order valence-electron chi connectivity index (χ3n) is 3.30. The fraction of sp³-hybridized carbons (Fsp3) is 0.176. The Morgan fingerprint density at radius 3 is 2.75 bits per heavy atom. The van der Waals surface area contributed by atoms with Gasteiger partial charge in [-0.25, -0.2) is 4.98 Å². The van der Waals surface area contributed by atoms with Gasteiger partial charge in [0, 0.05) is 35.2 Å². The largest absolute Gasteiger partial charge is 0.326 e. The number of amides is 1. The number of aryl methyl sites for hydroxylation is 1. The number of aromatic nitrogens is 4. The number of benzene rings is 1. The van der Waals surface area contributed by atoms with E-state index in [9.17, 15) is 4.79 Å². The molecule has 0 unspecified atom stereocenters. The molecule has 0 aliphatic rings. The van der Waals surface area contributed by atoms with E-state index in [0.717, 1.165) is 16.3 Å². The lowest BCUT2D eigenvalue weighted by Crippen LogP contribution is -2.14. The molecular formula is C17H17N5OS. The van der Waals surface area contributed by atoms with Crippen LogP contribution in [0.4, 0.5) is 5.69 Å².